The molecule has 0 aliphatic rings. The molecule has 3 rings (SSSR count). The Labute approximate surface area is 133 Å². The molecule has 0 aliphatic carbocycles. The molecule has 23 heavy (non-hydrogen) atoms. The summed E-state index contributed by atoms with van der Waals surface area (Å²) in [6, 6.07) is 11.3. The number of nitrogens with zero attached hydrogens (tertiary/aromatic N) is 3. The maximum Gasteiger partial charge on any atom is 0.371 e. The Morgan fingerprint density at radius 1 is 1.22 bits per heavy atom. The third-order valence-corrected chi connectivity index (χ3v) is 3.67. The smallest absolute Gasteiger partial charge is 0.371 e. The Morgan fingerprint density at radius 3 is 2.57 bits per heavy atom. The molecule has 0 saturated heterocycles. The van der Waals surface area contributed by atoms with Gasteiger partial charge in [0.2, 0.25) is 5.76 Å². The highest BCUT2D eigenvalue weighted by Gasteiger charge is 2.12. The molecule has 0 spiro atoms. The van der Waals surface area contributed by atoms with Crippen LogP contribution in [0, 0.1) is 0 Å². The molecule has 118 valence electrons. The molecule has 1 aromatic carbocycles. The number of furan rings is 1. The van der Waals surface area contributed by atoms with Crippen LogP contribution in [0.4, 0.5) is 0 Å². The van der Waals surface area contributed by atoms with Crippen molar-refractivity contribution in [1.82, 2.24) is 15.0 Å². The number of hydrogen-bond acceptors (Lipinski definition) is 4. The van der Waals surface area contributed by atoms with Crippen molar-refractivity contribution in [2.45, 2.75) is 26.3 Å². The van der Waals surface area contributed by atoms with Gasteiger partial charge in [-0.25, -0.2) is 9.48 Å². The number of benzene rings is 1. The summed E-state index contributed by atoms with van der Waals surface area (Å²) in [4.78, 5) is 10.9. The summed E-state index contributed by atoms with van der Waals surface area (Å²) in [6.07, 6.45) is 1.69. The van der Waals surface area contributed by atoms with E-state index in [4.69, 9.17) is 9.52 Å². The van der Waals surface area contributed by atoms with E-state index in [0.29, 0.717) is 18.2 Å². The Balaban J connectivity index is 1.85. The van der Waals surface area contributed by atoms with Crippen LogP contribution >= 0.6 is 0 Å². The van der Waals surface area contributed by atoms with Crippen LogP contribution in [0.25, 0.3) is 11.3 Å². The minimum atomic E-state index is -1.08. The maximum absolute atomic E-state index is 10.9. The van der Waals surface area contributed by atoms with Crippen molar-refractivity contribution in [3.05, 3.63) is 59.7 Å². The average molecular weight is 311 g/mol. The molecule has 6 nitrogen and oxygen atoms in total. The lowest BCUT2D eigenvalue weighted by atomic mass is 10.0. The van der Waals surface area contributed by atoms with Gasteiger partial charge < -0.3 is 9.52 Å². The van der Waals surface area contributed by atoms with Crippen molar-refractivity contribution in [2.24, 2.45) is 0 Å². The lowest BCUT2D eigenvalue weighted by molar-refractivity contribution is 0.0660. The highest BCUT2D eigenvalue weighted by Crippen LogP contribution is 2.22. The van der Waals surface area contributed by atoms with Crippen LogP contribution in [0.2, 0.25) is 0 Å². The van der Waals surface area contributed by atoms with Crippen LogP contribution < -0.4 is 0 Å². The summed E-state index contributed by atoms with van der Waals surface area (Å²) in [5.41, 5.74) is 3.13. The summed E-state index contributed by atoms with van der Waals surface area (Å²) < 4.78 is 6.96. The number of hydrogen-bond donors (Lipinski definition) is 1. The van der Waals surface area contributed by atoms with Gasteiger partial charge in [0.1, 0.15) is 12.3 Å². The predicted molar refractivity (Wildman–Crippen MR) is 84.3 cm³/mol. The van der Waals surface area contributed by atoms with E-state index in [2.05, 4.69) is 36.3 Å². The zero-order valence-corrected chi connectivity index (χ0v) is 12.9. The number of aromatic nitrogens is 3. The van der Waals surface area contributed by atoms with Gasteiger partial charge in [0.15, 0.2) is 0 Å². The fraction of sp³-hybridized carbons (Fsp3) is 0.235. The first-order chi connectivity index (χ1) is 11.0. The molecule has 0 saturated carbocycles. The van der Waals surface area contributed by atoms with Crippen molar-refractivity contribution >= 4 is 5.97 Å². The van der Waals surface area contributed by atoms with E-state index in [1.807, 2.05) is 12.1 Å². The van der Waals surface area contributed by atoms with Crippen molar-refractivity contribution < 1.29 is 14.3 Å². The number of aromatic carboxylic acids is 1. The van der Waals surface area contributed by atoms with Gasteiger partial charge in [0.05, 0.1) is 11.9 Å². The molecule has 1 N–H and O–H groups in total. The van der Waals surface area contributed by atoms with Gasteiger partial charge in [-0.05, 0) is 23.6 Å². The molecule has 6 heteroatoms. The van der Waals surface area contributed by atoms with E-state index in [1.165, 1.54) is 11.6 Å². The van der Waals surface area contributed by atoms with Crippen molar-refractivity contribution in [2.75, 3.05) is 0 Å². The van der Waals surface area contributed by atoms with E-state index in [9.17, 15) is 4.79 Å². The highest BCUT2D eigenvalue weighted by molar-refractivity contribution is 5.84. The van der Waals surface area contributed by atoms with E-state index < -0.39 is 5.97 Å². The van der Waals surface area contributed by atoms with Crippen LogP contribution in [0.15, 0.2) is 47.0 Å². The van der Waals surface area contributed by atoms with Gasteiger partial charge in [0, 0.05) is 5.56 Å². The maximum atomic E-state index is 10.9. The molecular formula is C17H17N3O3. The van der Waals surface area contributed by atoms with Crippen molar-refractivity contribution in [3.8, 4) is 11.3 Å². The lowest BCUT2D eigenvalue weighted by Gasteiger charge is -2.08. The summed E-state index contributed by atoms with van der Waals surface area (Å²) >= 11 is 0. The highest BCUT2D eigenvalue weighted by atomic mass is 16.4. The van der Waals surface area contributed by atoms with Gasteiger partial charge in [0.25, 0.3) is 0 Å². The van der Waals surface area contributed by atoms with Gasteiger partial charge in [-0.2, -0.15) is 0 Å². The summed E-state index contributed by atoms with van der Waals surface area (Å²) in [5.74, 6) is -0.167. The second kappa shape index (κ2) is 6.08. The van der Waals surface area contributed by atoms with E-state index in [-0.39, 0.29) is 5.76 Å². The van der Waals surface area contributed by atoms with Crippen LogP contribution in [-0.2, 0) is 6.54 Å². The predicted octanol–water partition coefficient (Wildman–Crippen LogP) is 3.41. The molecule has 0 unspecified atom stereocenters. The first-order valence-corrected chi connectivity index (χ1v) is 7.35. The summed E-state index contributed by atoms with van der Waals surface area (Å²) in [6.45, 7) is 4.63. The third kappa shape index (κ3) is 3.15. The lowest BCUT2D eigenvalue weighted by Crippen LogP contribution is -2.03. The second-order valence-corrected chi connectivity index (χ2v) is 5.62. The SMILES string of the molecule is CC(C)c1ccc(-c2cnnn2Cc2ccc(C(=O)O)o2)cc1. The zero-order chi connectivity index (χ0) is 16.4. The molecule has 3 aromatic rings. The molecule has 0 radical (unpaired) electrons. The molecule has 2 aromatic heterocycles. The molecule has 2 heterocycles. The largest absolute Gasteiger partial charge is 0.475 e. The molecule has 0 atom stereocenters. The van der Waals surface area contributed by atoms with Gasteiger partial charge in [-0.1, -0.05) is 43.3 Å². The third-order valence-electron chi connectivity index (χ3n) is 3.67. The Bertz CT molecular complexity index is 816. The molecular weight excluding hydrogens is 294 g/mol. The van der Waals surface area contributed by atoms with Crippen LogP contribution in [0.3, 0.4) is 0 Å². The van der Waals surface area contributed by atoms with E-state index in [1.54, 1.807) is 16.9 Å². The zero-order valence-electron chi connectivity index (χ0n) is 12.9. The average Bonchev–Trinajstić information content (AvgIpc) is 3.17. The van der Waals surface area contributed by atoms with Gasteiger partial charge >= 0.3 is 5.97 Å². The molecule has 0 fully saturated rings. The normalized spacial score (nSPS) is 11.1. The minimum Gasteiger partial charge on any atom is -0.475 e. The summed E-state index contributed by atoms with van der Waals surface area (Å²) in [5, 5.41) is 16.9. The van der Waals surface area contributed by atoms with Crippen molar-refractivity contribution in [1.29, 1.82) is 0 Å². The quantitative estimate of drug-likeness (QED) is 0.781. The van der Waals surface area contributed by atoms with E-state index in [0.717, 1.165) is 11.3 Å². The first kappa shape index (κ1) is 15.0. The van der Waals surface area contributed by atoms with E-state index >= 15 is 0 Å². The van der Waals surface area contributed by atoms with Gasteiger partial charge in [-0.15, -0.1) is 5.10 Å². The Kier molecular flexibility index (Phi) is 3.97. The standard InChI is InChI=1S/C17H17N3O3/c1-11(2)12-3-5-13(6-4-12)15-9-18-19-20(15)10-14-7-8-16(23-14)17(21)22/h3-9,11H,10H2,1-2H3,(H,21,22). The molecule has 0 bridgehead atoms. The first-order valence-electron chi connectivity index (χ1n) is 7.35. The van der Waals surface area contributed by atoms with Crippen LogP contribution in [-0.4, -0.2) is 26.1 Å². The number of carboxylic acids is 1. The Hall–Kier alpha value is -2.89. The monoisotopic (exact) mass is 311 g/mol. The number of rotatable bonds is 5. The molecule has 0 amide bonds. The summed E-state index contributed by atoms with van der Waals surface area (Å²) in [7, 11) is 0. The number of carboxylic acid groups (broad SMARTS) is 1. The minimum absolute atomic E-state index is 0.0806. The van der Waals surface area contributed by atoms with Gasteiger partial charge in [-0.3, -0.25) is 0 Å². The number of carbonyl (C=O) groups is 1. The second-order valence-electron chi connectivity index (χ2n) is 5.62. The molecule has 0 aliphatic heterocycles. The van der Waals surface area contributed by atoms with Crippen LogP contribution in [0.1, 0.15) is 41.6 Å². The van der Waals surface area contributed by atoms with Crippen molar-refractivity contribution in [3.63, 3.8) is 0 Å². The topological polar surface area (TPSA) is 81.2 Å². The Morgan fingerprint density at radius 2 is 1.96 bits per heavy atom. The van der Waals surface area contributed by atoms with Crippen LogP contribution in [0.5, 0.6) is 0 Å². The fourth-order valence-electron chi connectivity index (χ4n) is 2.36. The fourth-order valence-corrected chi connectivity index (χ4v) is 2.36.